The maximum Gasteiger partial charge on any atom is 0.176 e. The highest BCUT2D eigenvalue weighted by Crippen LogP contribution is 2.16. The van der Waals surface area contributed by atoms with Crippen molar-refractivity contribution in [2.24, 2.45) is 0 Å². The minimum atomic E-state index is 0.0159. The van der Waals surface area contributed by atoms with Gasteiger partial charge in [-0.05, 0) is 19.1 Å². The third kappa shape index (κ3) is 2.72. The zero-order valence-electron chi connectivity index (χ0n) is 10.5. The van der Waals surface area contributed by atoms with Crippen LogP contribution >= 0.6 is 0 Å². The Morgan fingerprint density at radius 3 is 2.83 bits per heavy atom. The first kappa shape index (κ1) is 12.7. The van der Waals surface area contributed by atoms with Crippen molar-refractivity contribution < 1.29 is 9.84 Å². The fourth-order valence-electron chi connectivity index (χ4n) is 1.64. The number of methoxy groups -OCH3 is 1. The molecule has 0 aromatic carbocycles. The van der Waals surface area contributed by atoms with Crippen LogP contribution in [0.15, 0.2) is 18.3 Å². The maximum absolute atomic E-state index is 9.04. The monoisotopic (exact) mass is 248 g/mol. The van der Waals surface area contributed by atoms with Crippen molar-refractivity contribution >= 4 is 0 Å². The van der Waals surface area contributed by atoms with E-state index >= 15 is 0 Å². The third-order valence-corrected chi connectivity index (χ3v) is 2.47. The summed E-state index contributed by atoms with van der Waals surface area (Å²) in [6.07, 6.45) is 1.75. The molecule has 2 aromatic rings. The van der Waals surface area contributed by atoms with Crippen LogP contribution in [0.2, 0.25) is 0 Å². The van der Waals surface area contributed by atoms with Crippen LogP contribution in [0, 0.1) is 6.92 Å². The highest BCUT2D eigenvalue weighted by molar-refractivity contribution is 5.53. The molecule has 18 heavy (non-hydrogen) atoms. The van der Waals surface area contributed by atoms with Gasteiger partial charge >= 0.3 is 0 Å². The molecule has 96 valence electrons. The minimum Gasteiger partial charge on any atom is -0.394 e. The first-order valence-electron chi connectivity index (χ1n) is 5.71. The van der Waals surface area contributed by atoms with Gasteiger partial charge in [0.05, 0.1) is 13.2 Å². The van der Waals surface area contributed by atoms with Crippen molar-refractivity contribution in [3.63, 3.8) is 0 Å². The molecule has 2 rings (SSSR count). The van der Waals surface area contributed by atoms with Gasteiger partial charge in [0, 0.05) is 24.6 Å². The number of hydrogen-bond donors (Lipinski definition) is 1. The Bertz CT molecular complexity index is 507. The maximum atomic E-state index is 9.04. The molecular weight excluding hydrogens is 232 g/mol. The van der Waals surface area contributed by atoms with Crippen LogP contribution in [0.1, 0.15) is 11.5 Å². The Morgan fingerprint density at radius 2 is 2.22 bits per heavy atom. The van der Waals surface area contributed by atoms with Crippen molar-refractivity contribution in [3.8, 4) is 11.4 Å². The molecule has 0 spiro atoms. The summed E-state index contributed by atoms with van der Waals surface area (Å²) in [4.78, 5) is 8.63. The smallest absolute Gasteiger partial charge is 0.176 e. The molecule has 6 heteroatoms. The number of hydrogen-bond acceptors (Lipinski definition) is 5. The minimum absolute atomic E-state index is 0.0159. The fraction of sp³-hybridized carbons (Fsp3) is 0.417. The van der Waals surface area contributed by atoms with E-state index in [0.29, 0.717) is 24.8 Å². The summed E-state index contributed by atoms with van der Waals surface area (Å²) in [5.74, 6) is 1.30. The average molecular weight is 248 g/mol. The van der Waals surface area contributed by atoms with Crippen LogP contribution in [0.4, 0.5) is 0 Å². The van der Waals surface area contributed by atoms with E-state index in [1.807, 2.05) is 19.1 Å². The molecule has 0 aliphatic rings. The summed E-state index contributed by atoms with van der Waals surface area (Å²) < 4.78 is 6.68. The van der Waals surface area contributed by atoms with Crippen LogP contribution in [0.25, 0.3) is 11.4 Å². The van der Waals surface area contributed by atoms with Gasteiger partial charge in [0.25, 0.3) is 0 Å². The van der Waals surface area contributed by atoms with Gasteiger partial charge < -0.3 is 9.84 Å². The van der Waals surface area contributed by atoms with Crippen LogP contribution in [0.3, 0.4) is 0 Å². The third-order valence-electron chi connectivity index (χ3n) is 2.47. The van der Waals surface area contributed by atoms with Gasteiger partial charge in [0.15, 0.2) is 11.6 Å². The van der Waals surface area contributed by atoms with Gasteiger partial charge in [0.1, 0.15) is 6.61 Å². The molecule has 0 atom stereocenters. The van der Waals surface area contributed by atoms with E-state index in [-0.39, 0.29) is 6.61 Å². The zero-order valence-corrected chi connectivity index (χ0v) is 10.5. The molecule has 0 fully saturated rings. The quantitative estimate of drug-likeness (QED) is 0.846. The molecule has 0 unspecified atom stereocenters. The van der Waals surface area contributed by atoms with E-state index in [2.05, 4.69) is 15.1 Å². The van der Waals surface area contributed by atoms with Gasteiger partial charge in [-0.3, -0.25) is 4.98 Å². The molecule has 2 heterocycles. The average Bonchev–Trinajstić information content (AvgIpc) is 2.74. The van der Waals surface area contributed by atoms with Gasteiger partial charge in [-0.2, -0.15) is 5.10 Å². The molecule has 0 saturated heterocycles. The second-order valence-corrected chi connectivity index (χ2v) is 3.92. The lowest BCUT2D eigenvalue weighted by atomic mass is 10.2. The Balaban J connectivity index is 2.37. The molecule has 0 saturated carbocycles. The molecular formula is C12H16N4O2. The van der Waals surface area contributed by atoms with Crippen LogP contribution in [-0.2, 0) is 17.9 Å². The van der Waals surface area contributed by atoms with E-state index in [1.54, 1.807) is 18.0 Å². The number of aryl methyl sites for hydroxylation is 1. The van der Waals surface area contributed by atoms with E-state index in [0.717, 1.165) is 11.3 Å². The molecule has 0 aliphatic heterocycles. The number of nitrogens with zero attached hydrogens (tertiary/aromatic N) is 4. The molecule has 0 radical (unpaired) electrons. The summed E-state index contributed by atoms with van der Waals surface area (Å²) in [5.41, 5.74) is 1.83. The normalized spacial score (nSPS) is 10.8. The number of aromatic nitrogens is 4. The van der Waals surface area contributed by atoms with E-state index in [4.69, 9.17) is 9.84 Å². The largest absolute Gasteiger partial charge is 0.394 e. The van der Waals surface area contributed by atoms with Gasteiger partial charge in [-0.15, -0.1) is 0 Å². The Kier molecular flexibility index (Phi) is 4.01. The first-order valence-corrected chi connectivity index (χ1v) is 5.71. The lowest BCUT2D eigenvalue weighted by Gasteiger charge is -2.03. The first-order chi connectivity index (χ1) is 8.74. The van der Waals surface area contributed by atoms with Crippen molar-refractivity contribution in [2.45, 2.75) is 20.1 Å². The second kappa shape index (κ2) is 5.70. The predicted molar refractivity (Wildman–Crippen MR) is 65.8 cm³/mol. The van der Waals surface area contributed by atoms with Gasteiger partial charge in [-0.1, -0.05) is 0 Å². The van der Waals surface area contributed by atoms with Crippen molar-refractivity contribution in [1.29, 1.82) is 0 Å². The zero-order chi connectivity index (χ0) is 13.0. The van der Waals surface area contributed by atoms with E-state index < -0.39 is 0 Å². The van der Waals surface area contributed by atoms with Crippen LogP contribution in [0.5, 0.6) is 0 Å². The summed E-state index contributed by atoms with van der Waals surface area (Å²) in [6.45, 7) is 2.70. The summed E-state index contributed by atoms with van der Waals surface area (Å²) in [7, 11) is 1.60. The van der Waals surface area contributed by atoms with Crippen molar-refractivity contribution in [3.05, 3.63) is 29.8 Å². The van der Waals surface area contributed by atoms with Crippen LogP contribution < -0.4 is 0 Å². The van der Waals surface area contributed by atoms with Crippen molar-refractivity contribution in [2.75, 3.05) is 13.7 Å². The van der Waals surface area contributed by atoms with Crippen LogP contribution in [-0.4, -0.2) is 38.6 Å². The van der Waals surface area contributed by atoms with E-state index in [9.17, 15) is 0 Å². The predicted octanol–water partition coefficient (Wildman–Crippen LogP) is 0.787. The lowest BCUT2D eigenvalue weighted by Crippen LogP contribution is -2.06. The van der Waals surface area contributed by atoms with Crippen molar-refractivity contribution in [1.82, 2.24) is 19.7 Å². The molecule has 2 aromatic heterocycles. The highest BCUT2D eigenvalue weighted by Gasteiger charge is 2.11. The highest BCUT2D eigenvalue weighted by atomic mass is 16.5. The summed E-state index contributed by atoms with van der Waals surface area (Å²) in [6, 6.07) is 3.86. The number of ether oxygens (including phenoxy) is 1. The van der Waals surface area contributed by atoms with Gasteiger partial charge in [0.2, 0.25) is 0 Å². The number of pyridine rings is 1. The number of rotatable bonds is 5. The lowest BCUT2D eigenvalue weighted by molar-refractivity contribution is 0.177. The van der Waals surface area contributed by atoms with Gasteiger partial charge in [-0.25, -0.2) is 9.67 Å². The molecule has 6 nitrogen and oxygen atoms in total. The molecule has 1 N–H and O–H groups in total. The molecule has 0 bridgehead atoms. The van der Waals surface area contributed by atoms with E-state index in [1.165, 1.54) is 0 Å². The Labute approximate surface area is 105 Å². The molecule has 0 amide bonds. The summed E-state index contributed by atoms with van der Waals surface area (Å²) >= 11 is 0. The fourth-order valence-corrected chi connectivity index (χ4v) is 1.64. The summed E-state index contributed by atoms with van der Waals surface area (Å²) in [5, 5.41) is 13.3. The second-order valence-electron chi connectivity index (χ2n) is 3.92. The topological polar surface area (TPSA) is 73.1 Å². The standard InChI is InChI=1S/C12H16N4O2/c1-9-3-4-10(7-13-9)12-14-11(8-18-2)15-16(12)5-6-17/h3-4,7,17H,5-6,8H2,1-2H3. The SMILES string of the molecule is COCc1nc(-c2ccc(C)nc2)n(CCO)n1. The number of aliphatic hydroxyl groups excluding tert-OH is 1. The Hall–Kier alpha value is -1.79. The number of aliphatic hydroxyl groups is 1. The molecule has 0 aliphatic carbocycles. The Morgan fingerprint density at radius 1 is 1.39 bits per heavy atom.